The lowest BCUT2D eigenvalue weighted by molar-refractivity contribution is 0.304. The molecule has 0 aliphatic heterocycles. The average Bonchev–Trinajstić information content (AvgIpc) is 2.82. The number of unbranched alkanes of at least 4 members (excludes halogenated alkanes) is 3. The van der Waals surface area contributed by atoms with E-state index in [4.69, 9.17) is 0 Å². The molecule has 0 N–H and O–H groups in total. The van der Waals surface area contributed by atoms with Gasteiger partial charge in [0.05, 0.1) is 5.56 Å². The van der Waals surface area contributed by atoms with E-state index in [2.05, 4.69) is 62.4 Å². The topological polar surface area (TPSA) is 23.8 Å². The van der Waals surface area contributed by atoms with Gasteiger partial charge in [0.25, 0.3) is 0 Å². The smallest absolute Gasteiger partial charge is 0.100 e. The summed E-state index contributed by atoms with van der Waals surface area (Å²) in [5, 5.41) is 9.75. The molecule has 1 saturated carbocycles. The maximum Gasteiger partial charge on any atom is 0.100 e. The van der Waals surface area contributed by atoms with Crippen molar-refractivity contribution in [3.63, 3.8) is 0 Å². The molecule has 0 heterocycles. The molecule has 0 radical (unpaired) electrons. The van der Waals surface area contributed by atoms with E-state index in [0.29, 0.717) is 5.92 Å². The maximum atomic E-state index is 9.75. The fourth-order valence-electron chi connectivity index (χ4n) is 4.83. The number of benzene rings is 2. The van der Waals surface area contributed by atoms with Crippen molar-refractivity contribution in [1.29, 1.82) is 5.26 Å². The zero-order valence-corrected chi connectivity index (χ0v) is 20.4. The first-order valence-corrected chi connectivity index (χ1v) is 13.5. The quantitative estimate of drug-likeness (QED) is 0.261. The molecule has 2 heteroatoms. The molecule has 166 valence electrons. The standard InChI is InChI=1S/C29H39NS/c1-3-5-7-9-24-10-12-25(13-11-24)22-31-29-19-18-27(20-28(29)21-30)26-16-14-23(15-17-26)8-6-4-2/h10-13,18-20,23,26H,3-9,14-17,22H2,1-2H3. The largest absolute Gasteiger partial charge is 0.192 e. The van der Waals surface area contributed by atoms with E-state index in [1.807, 2.05) is 0 Å². The monoisotopic (exact) mass is 433 g/mol. The van der Waals surface area contributed by atoms with Gasteiger partial charge in [0, 0.05) is 10.6 Å². The second-order valence-electron chi connectivity index (χ2n) is 9.29. The van der Waals surface area contributed by atoms with Crippen LogP contribution in [0.25, 0.3) is 0 Å². The van der Waals surface area contributed by atoms with Crippen molar-refractivity contribution in [1.82, 2.24) is 0 Å². The average molecular weight is 434 g/mol. The Morgan fingerprint density at radius 3 is 2.26 bits per heavy atom. The number of hydrogen-bond acceptors (Lipinski definition) is 2. The van der Waals surface area contributed by atoms with E-state index in [-0.39, 0.29) is 0 Å². The number of nitriles is 1. The van der Waals surface area contributed by atoms with Crippen LogP contribution in [-0.2, 0) is 12.2 Å². The predicted molar refractivity (Wildman–Crippen MR) is 135 cm³/mol. The molecule has 1 aliphatic carbocycles. The third-order valence-corrected chi connectivity index (χ3v) is 8.04. The minimum atomic E-state index is 0.643. The van der Waals surface area contributed by atoms with Crippen LogP contribution in [0.3, 0.4) is 0 Å². The Morgan fingerprint density at radius 2 is 1.58 bits per heavy atom. The molecule has 1 nitrogen and oxygen atoms in total. The summed E-state index contributed by atoms with van der Waals surface area (Å²) in [6.07, 6.45) is 14.4. The lowest BCUT2D eigenvalue weighted by Gasteiger charge is -2.29. The molecule has 0 saturated heterocycles. The van der Waals surface area contributed by atoms with Gasteiger partial charge in [-0.2, -0.15) is 5.26 Å². The van der Waals surface area contributed by atoms with E-state index in [1.165, 1.54) is 87.3 Å². The van der Waals surface area contributed by atoms with Gasteiger partial charge in [-0.3, -0.25) is 0 Å². The number of rotatable bonds is 11. The molecule has 0 unspecified atom stereocenters. The Morgan fingerprint density at radius 1 is 0.871 bits per heavy atom. The highest BCUT2D eigenvalue weighted by atomic mass is 32.2. The van der Waals surface area contributed by atoms with Crippen LogP contribution in [-0.4, -0.2) is 0 Å². The first-order valence-electron chi connectivity index (χ1n) is 12.5. The minimum Gasteiger partial charge on any atom is -0.192 e. The Balaban J connectivity index is 1.54. The van der Waals surface area contributed by atoms with Crippen LogP contribution in [0.5, 0.6) is 0 Å². The number of hydrogen-bond donors (Lipinski definition) is 0. The summed E-state index contributed by atoms with van der Waals surface area (Å²) < 4.78 is 0. The van der Waals surface area contributed by atoms with E-state index in [1.54, 1.807) is 11.8 Å². The molecule has 0 atom stereocenters. The normalized spacial score (nSPS) is 18.6. The van der Waals surface area contributed by atoms with Crippen LogP contribution in [0, 0.1) is 17.2 Å². The molecule has 2 aromatic rings. The van der Waals surface area contributed by atoms with Gasteiger partial charge in [-0.05, 0) is 79.2 Å². The van der Waals surface area contributed by atoms with E-state index in [9.17, 15) is 5.26 Å². The van der Waals surface area contributed by atoms with Crippen molar-refractivity contribution in [3.8, 4) is 6.07 Å². The Hall–Kier alpha value is -1.72. The lowest BCUT2D eigenvalue weighted by atomic mass is 9.77. The fraction of sp³-hybridized carbons (Fsp3) is 0.552. The van der Waals surface area contributed by atoms with Gasteiger partial charge in [0.15, 0.2) is 0 Å². The summed E-state index contributed by atoms with van der Waals surface area (Å²) >= 11 is 1.79. The predicted octanol–water partition coefficient (Wildman–Crippen LogP) is 9.05. The third-order valence-electron chi connectivity index (χ3n) is 6.89. The van der Waals surface area contributed by atoms with Crippen LogP contribution in [0.1, 0.15) is 106 Å². The van der Waals surface area contributed by atoms with Crippen LogP contribution in [0.4, 0.5) is 0 Å². The van der Waals surface area contributed by atoms with Gasteiger partial charge in [-0.1, -0.05) is 76.3 Å². The van der Waals surface area contributed by atoms with E-state index >= 15 is 0 Å². The van der Waals surface area contributed by atoms with Gasteiger partial charge >= 0.3 is 0 Å². The summed E-state index contributed by atoms with van der Waals surface area (Å²) in [5.41, 5.74) is 5.01. The van der Waals surface area contributed by atoms with Crippen LogP contribution >= 0.6 is 11.8 Å². The van der Waals surface area contributed by atoms with Gasteiger partial charge in [-0.15, -0.1) is 11.8 Å². The molecule has 1 fully saturated rings. The summed E-state index contributed by atoms with van der Waals surface area (Å²) in [6.45, 7) is 4.54. The lowest BCUT2D eigenvalue weighted by Crippen LogP contribution is -2.13. The van der Waals surface area contributed by atoms with Gasteiger partial charge in [0.2, 0.25) is 0 Å². The first kappa shape index (κ1) is 23.9. The molecule has 0 aromatic heterocycles. The second kappa shape index (κ2) is 13.0. The van der Waals surface area contributed by atoms with Crippen LogP contribution in [0.15, 0.2) is 47.4 Å². The number of nitrogens with zero attached hydrogens (tertiary/aromatic N) is 1. The van der Waals surface area contributed by atoms with Gasteiger partial charge in [0.1, 0.15) is 6.07 Å². The van der Waals surface area contributed by atoms with Gasteiger partial charge in [-0.25, -0.2) is 0 Å². The molecule has 31 heavy (non-hydrogen) atoms. The van der Waals surface area contributed by atoms with Crippen LogP contribution < -0.4 is 0 Å². The Labute approximate surface area is 194 Å². The molecule has 1 aliphatic rings. The molecular formula is C29H39NS. The highest BCUT2D eigenvalue weighted by Gasteiger charge is 2.22. The third kappa shape index (κ3) is 7.43. The zero-order chi connectivity index (χ0) is 21.9. The summed E-state index contributed by atoms with van der Waals surface area (Å²) in [6, 6.07) is 18.2. The zero-order valence-electron chi connectivity index (χ0n) is 19.5. The van der Waals surface area contributed by atoms with E-state index < -0.39 is 0 Å². The van der Waals surface area contributed by atoms with Crippen molar-refractivity contribution in [2.24, 2.45) is 5.92 Å². The fourth-order valence-corrected chi connectivity index (χ4v) is 5.77. The van der Waals surface area contributed by atoms with Crippen molar-refractivity contribution in [2.75, 3.05) is 0 Å². The molecule has 0 bridgehead atoms. The molecule has 0 amide bonds. The van der Waals surface area contributed by atoms with Crippen molar-refractivity contribution in [2.45, 2.75) is 101 Å². The Kier molecular flexibility index (Phi) is 10.0. The SMILES string of the molecule is CCCCCc1ccc(CSc2ccc(C3CCC(CCCC)CC3)cc2C#N)cc1. The molecular weight excluding hydrogens is 394 g/mol. The second-order valence-corrected chi connectivity index (χ2v) is 10.3. The van der Waals surface area contributed by atoms with Crippen LogP contribution in [0.2, 0.25) is 0 Å². The van der Waals surface area contributed by atoms with Crippen molar-refractivity contribution >= 4 is 11.8 Å². The van der Waals surface area contributed by atoms with E-state index in [0.717, 1.165) is 22.1 Å². The number of aryl methyl sites for hydroxylation is 1. The molecule has 3 rings (SSSR count). The first-order chi connectivity index (χ1) is 15.2. The highest BCUT2D eigenvalue weighted by Crippen LogP contribution is 2.39. The summed E-state index contributed by atoms with van der Waals surface area (Å²) in [4.78, 5) is 1.12. The van der Waals surface area contributed by atoms with Gasteiger partial charge < -0.3 is 0 Å². The van der Waals surface area contributed by atoms with Crippen molar-refractivity contribution in [3.05, 3.63) is 64.7 Å². The summed E-state index contributed by atoms with van der Waals surface area (Å²) in [7, 11) is 0. The number of thioether (sulfide) groups is 1. The minimum absolute atomic E-state index is 0.643. The molecule has 2 aromatic carbocycles. The Bertz CT molecular complexity index is 825. The highest BCUT2D eigenvalue weighted by molar-refractivity contribution is 7.98. The molecule has 0 spiro atoms. The maximum absolute atomic E-state index is 9.75. The van der Waals surface area contributed by atoms with Crippen molar-refractivity contribution < 1.29 is 0 Å². The summed E-state index contributed by atoms with van der Waals surface area (Å²) in [5.74, 6) is 2.50.